The van der Waals surface area contributed by atoms with Crippen LogP contribution < -0.4 is 0 Å². The molecular weight excluding hydrogens is 211 g/mol. The van der Waals surface area contributed by atoms with Crippen molar-refractivity contribution < 1.29 is 0 Å². The van der Waals surface area contributed by atoms with Gasteiger partial charge in [-0.3, -0.25) is 0 Å². The van der Waals surface area contributed by atoms with Crippen LogP contribution in [0.2, 0.25) is 8.86 Å². The third-order valence-corrected chi connectivity index (χ3v) is 4.71. The molecule has 0 unspecified atom stereocenters. The molecule has 0 aliphatic carbocycles. The van der Waals surface area contributed by atoms with Crippen LogP contribution in [0.3, 0.4) is 0 Å². The van der Waals surface area contributed by atoms with E-state index in [0.717, 1.165) is 0 Å². The summed E-state index contributed by atoms with van der Waals surface area (Å²) in [6, 6.07) is 0. The summed E-state index contributed by atoms with van der Waals surface area (Å²) >= 11 is -0.157. The van der Waals surface area contributed by atoms with Crippen molar-refractivity contribution in [3.05, 3.63) is 6.42 Å². The first kappa shape index (κ1) is 9.87. The monoisotopic (exact) mass is 229 g/mol. The molecule has 0 aromatic rings. The molecule has 0 aromatic heterocycles. The van der Waals surface area contributed by atoms with Gasteiger partial charge < -0.3 is 0 Å². The normalized spacial score (nSPS) is 9.56. The molecule has 0 bridgehead atoms. The zero-order chi connectivity index (χ0) is 6.95. The van der Waals surface area contributed by atoms with E-state index in [4.69, 9.17) is 0 Å². The number of rotatable bonds is 6. The Bertz CT molecular complexity index is 37.8. The molecule has 0 aliphatic heterocycles. The van der Waals surface area contributed by atoms with Crippen molar-refractivity contribution in [2.45, 2.75) is 41.5 Å². The van der Waals surface area contributed by atoms with Gasteiger partial charge in [0.05, 0.1) is 0 Å². The third-order valence-electron chi connectivity index (χ3n) is 1.52. The average Bonchev–Trinajstić information content (AvgIpc) is 1.89. The van der Waals surface area contributed by atoms with Crippen molar-refractivity contribution in [3.8, 4) is 0 Å². The quantitative estimate of drug-likeness (QED) is 0.614. The molecule has 9 heavy (non-hydrogen) atoms. The van der Waals surface area contributed by atoms with E-state index in [1.54, 1.807) is 4.18 Å². The molecule has 0 atom stereocenters. The molecule has 1 heteroatoms. The summed E-state index contributed by atoms with van der Waals surface area (Å²) < 4.78 is 4.04. The SMILES string of the molecule is CCCC[CH]C[CH2][InH][CH3]. The van der Waals surface area contributed by atoms with Crippen molar-refractivity contribution in [1.29, 1.82) is 0 Å². The second-order valence-electron chi connectivity index (χ2n) is 2.57. The average molecular weight is 229 g/mol. The van der Waals surface area contributed by atoms with E-state index in [1.165, 1.54) is 25.7 Å². The fourth-order valence-corrected chi connectivity index (χ4v) is 2.83. The molecule has 0 amide bonds. The molecule has 0 aromatic carbocycles. The van der Waals surface area contributed by atoms with Crippen molar-refractivity contribution in [2.75, 3.05) is 0 Å². The van der Waals surface area contributed by atoms with Crippen LogP contribution in [0.25, 0.3) is 0 Å². The van der Waals surface area contributed by atoms with Gasteiger partial charge >= 0.3 is 70.8 Å². The van der Waals surface area contributed by atoms with E-state index in [-0.39, 0.29) is 22.9 Å². The number of unbranched alkanes of at least 4 members (excludes halogenated alkanes) is 4. The van der Waals surface area contributed by atoms with Gasteiger partial charge in [0.2, 0.25) is 0 Å². The summed E-state index contributed by atoms with van der Waals surface area (Å²) in [5.41, 5.74) is 0. The summed E-state index contributed by atoms with van der Waals surface area (Å²) in [4.78, 5) is 0. The van der Waals surface area contributed by atoms with Crippen LogP contribution in [0.4, 0.5) is 0 Å². The van der Waals surface area contributed by atoms with Gasteiger partial charge in [0.25, 0.3) is 0 Å². The second kappa shape index (κ2) is 8.87. The molecule has 0 saturated carbocycles. The van der Waals surface area contributed by atoms with Gasteiger partial charge in [0, 0.05) is 0 Å². The van der Waals surface area contributed by atoms with Gasteiger partial charge in [-0.05, 0) is 0 Å². The fourth-order valence-electron chi connectivity index (χ4n) is 0.841. The van der Waals surface area contributed by atoms with E-state index in [2.05, 4.69) is 18.0 Å². The van der Waals surface area contributed by atoms with Gasteiger partial charge in [-0.15, -0.1) is 0 Å². The number of hydrogen-bond donors (Lipinski definition) is 0. The third kappa shape index (κ3) is 8.87. The Hall–Kier alpha value is 0.870. The molecule has 0 rings (SSSR count). The molecule has 0 heterocycles. The molecule has 1 radical (unpaired) electrons. The summed E-state index contributed by atoms with van der Waals surface area (Å²) in [7, 11) is 0. The predicted molar refractivity (Wildman–Crippen MR) is 46.3 cm³/mol. The van der Waals surface area contributed by atoms with Crippen molar-refractivity contribution in [2.24, 2.45) is 0 Å². The van der Waals surface area contributed by atoms with Gasteiger partial charge in [-0.25, -0.2) is 0 Å². The maximum absolute atomic E-state index is 2.48. The maximum atomic E-state index is 2.48. The second-order valence-corrected chi connectivity index (χ2v) is 7.45. The zero-order valence-corrected chi connectivity index (χ0v) is 10.9. The summed E-state index contributed by atoms with van der Waals surface area (Å²) in [6.07, 6.45) is 8.02. The van der Waals surface area contributed by atoms with Crippen molar-refractivity contribution >= 4 is 22.9 Å². The first-order valence-corrected chi connectivity index (χ1v) is 11.1. The van der Waals surface area contributed by atoms with Crippen LogP contribution in [0.5, 0.6) is 0 Å². The Balaban J connectivity index is 2.60. The van der Waals surface area contributed by atoms with Crippen LogP contribution in [0.1, 0.15) is 32.6 Å². The Morgan fingerprint density at radius 3 is 2.67 bits per heavy atom. The van der Waals surface area contributed by atoms with Crippen molar-refractivity contribution in [1.82, 2.24) is 0 Å². The Morgan fingerprint density at radius 2 is 2.11 bits per heavy atom. The molecule has 0 N–H and O–H groups in total. The van der Waals surface area contributed by atoms with Crippen LogP contribution in [0, 0.1) is 6.42 Å². The molecule has 0 saturated heterocycles. The molecule has 53 valence electrons. The molecule has 0 spiro atoms. The predicted octanol–water partition coefficient (Wildman–Crippen LogP) is 2.67. The summed E-state index contributed by atoms with van der Waals surface area (Å²) in [5.74, 6) is 0. The molecule has 0 aliphatic rings. The fraction of sp³-hybridized carbons (Fsp3) is 0.875. The van der Waals surface area contributed by atoms with Gasteiger partial charge in [-0.1, -0.05) is 0 Å². The van der Waals surface area contributed by atoms with E-state index in [9.17, 15) is 0 Å². The van der Waals surface area contributed by atoms with E-state index in [1.807, 2.05) is 0 Å². The van der Waals surface area contributed by atoms with E-state index in [0.29, 0.717) is 0 Å². The minimum absolute atomic E-state index is 0.157. The first-order chi connectivity index (χ1) is 4.41. The standard InChI is InChI=1S/C7H14.CH3.In.H/c1-3-5-7-6-4-2;;;/h5H,1,3-4,6-7H2,2H3;1H3;;. The zero-order valence-electron chi connectivity index (χ0n) is 6.82. The minimum atomic E-state index is -0.157. The summed E-state index contributed by atoms with van der Waals surface area (Å²) in [5, 5.41) is 0. The van der Waals surface area contributed by atoms with Gasteiger partial charge in [-0.2, -0.15) is 0 Å². The summed E-state index contributed by atoms with van der Waals surface area (Å²) in [6.45, 7) is 2.26. The first-order valence-electron chi connectivity index (χ1n) is 4.23. The van der Waals surface area contributed by atoms with E-state index < -0.39 is 0 Å². The Morgan fingerprint density at radius 1 is 1.33 bits per heavy atom. The topological polar surface area (TPSA) is 0 Å². The molecule has 0 fully saturated rings. The van der Waals surface area contributed by atoms with Gasteiger partial charge in [0.1, 0.15) is 0 Å². The van der Waals surface area contributed by atoms with E-state index >= 15 is 0 Å². The van der Waals surface area contributed by atoms with Crippen LogP contribution in [-0.4, -0.2) is 22.9 Å². The van der Waals surface area contributed by atoms with Crippen LogP contribution in [-0.2, 0) is 0 Å². The van der Waals surface area contributed by atoms with Crippen molar-refractivity contribution in [3.63, 3.8) is 0 Å². The van der Waals surface area contributed by atoms with Crippen LogP contribution >= 0.6 is 0 Å². The van der Waals surface area contributed by atoms with Gasteiger partial charge in [0.15, 0.2) is 0 Å². The molecule has 0 nitrogen and oxygen atoms in total. The number of hydrogen-bond acceptors (Lipinski definition) is 0. The van der Waals surface area contributed by atoms with Crippen LogP contribution in [0.15, 0.2) is 0 Å². The molecular formula is C8H18In. The Kier molecular flexibility index (Phi) is 9.73. The Labute approximate surface area is 70.8 Å².